The molecule has 0 radical (unpaired) electrons. The van der Waals surface area contributed by atoms with Crippen LogP contribution in [0.25, 0.3) is 0 Å². The molecule has 3 unspecified atom stereocenters. The summed E-state index contributed by atoms with van der Waals surface area (Å²) in [5.41, 5.74) is 0.677. The smallest absolute Gasteiger partial charge is 0.217 e. The molecule has 5 aliphatic rings. The largest absolute Gasteiger partial charge is 0.415 e. The summed E-state index contributed by atoms with van der Waals surface area (Å²) in [5, 5.41) is 3.26. The molecule has 1 N–H and O–H groups in total. The summed E-state index contributed by atoms with van der Waals surface area (Å²) in [7, 11) is -7.53. The molecule has 5 fully saturated rings. The summed E-state index contributed by atoms with van der Waals surface area (Å²) in [6.07, 6.45) is 10.3. The van der Waals surface area contributed by atoms with Gasteiger partial charge in [-0.2, -0.15) is 0 Å². The minimum atomic E-state index is -2.09. The van der Waals surface area contributed by atoms with Crippen LogP contribution >= 0.6 is 0 Å². The fourth-order valence-electron chi connectivity index (χ4n) is 11.9. The van der Waals surface area contributed by atoms with Gasteiger partial charge in [0, 0.05) is 13.0 Å². The molecule has 0 aromatic rings. The lowest BCUT2D eigenvalue weighted by Gasteiger charge is -2.61. The van der Waals surface area contributed by atoms with Crippen LogP contribution in [0.4, 0.5) is 0 Å². The summed E-state index contributed by atoms with van der Waals surface area (Å²) < 4.78 is 41.3. The van der Waals surface area contributed by atoms with Crippen LogP contribution in [-0.4, -0.2) is 88.6 Å². The summed E-state index contributed by atoms with van der Waals surface area (Å²) >= 11 is 0. The molecular formula is C41H81NO7Si4. The van der Waals surface area contributed by atoms with Gasteiger partial charge < -0.3 is 32.5 Å². The Bertz CT molecular complexity index is 1260. The van der Waals surface area contributed by atoms with Crippen molar-refractivity contribution in [1.29, 1.82) is 0 Å². The Morgan fingerprint density at radius 3 is 1.91 bits per heavy atom. The molecular weight excluding hydrogens is 731 g/mol. The molecule has 4 aliphatic carbocycles. The average Bonchev–Trinajstić information content (AvgIpc) is 3.34. The van der Waals surface area contributed by atoms with Crippen molar-refractivity contribution in [2.24, 2.45) is 40.4 Å². The Kier molecular flexibility index (Phi) is 13.4. The molecule has 0 spiro atoms. The fourth-order valence-corrected chi connectivity index (χ4v) is 16.0. The lowest BCUT2D eigenvalue weighted by molar-refractivity contribution is -0.282. The van der Waals surface area contributed by atoms with Gasteiger partial charge in [-0.25, -0.2) is 0 Å². The minimum absolute atomic E-state index is 0.0237. The van der Waals surface area contributed by atoms with Gasteiger partial charge in [0.25, 0.3) is 0 Å². The number of hydrogen-bond donors (Lipinski definition) is 1. The summed E-state index contributed by atoms with van der Waals surface area (Å²) in [4.78, 5) is 12.9. The van der Waals surface area contributed by atoms with E-state index >= 15 is 0 Å². The Balaban J connectivity index is 1.37. The number of carbonyl (C=O) groups is 1. The molecule has 5 rings (SSSR count). The molecule has 14 atom stereocenters. The Morgan fingerprint density at radius 1 is 0.736 bits per heavy atom. The van der Waals surface area contributed by atoms with E-state index in [-0.39, 0.29) is 29.6 Å². The van der Waals surface area contributed by atoms with Crippen molar-refractivity contribution in [1.82, 2.24) is 5.32 Å². The van der Waals surface area contributed by atoms with E-state index in [0.29, 0.717) is 24.0 Å². The molecule has 0 aromatic carbocycles. The second kappa shape index (κ2) is 16.0. The third kappa shape index (κ3) is 10.6. The third-order valence-corrected chi connectivity index (χ3v) is 17.8. The monoisotopic (exact) mass is 812 g/mol. The first-order valence-corrected chi connectivity index (χ1v) is 35.1. The van der Waals surface area contributed by atoms with Crippen molar-refractivity contribution in [3.05, 3.63) is 0 Å². The van der Waals surface area contributed by atoms with Crippen molar-refractivity contribution < 1.29 is 32.0 Å². The van der Waals surface area contributed by atoms with Gasteiger partial charge in [0.05, 0.1) is 18.8 Å². The number of hydrogen-bond acceptors (Lipinski definition) is 7. The molecule has 4 saturated carbocycles. The summed E-state index contributed by atoms with van der Waals surface area (Å²) in [5.74, 6) is 3.49. The third-order valence-electron chi connectivity index (χ3n) is 13.8. The topological polar surface area (TPSA) is 84.5 Å². The molecule has 308 valence electrons. The zero-order valence-corrected chi connectivity index (χ0v) is 40.9. The maximum absolute atomic E-state index is 12.9. The van der Waals surface area contributed by atoms with Crippen LogP contribution in [0.2, 0.25) is 78.6 Å². The van der Waals surface area contributed by atoms with E-state index in [2.05, 4.69) is 105 Å². The molecule has 53 heavy (non-hydrogen) atoms. The molecule has 1 heterocycles. The zero-order valence-electron chi connectivity index (χ0n) is 36.9. The molecule has 1 saturated heterocycles. The SMILES string of the molecule is CC(=O)N[C@@H]1[C@@H](O[C@@H](C)[C@H]2CCC3C4CC[C@H]5C[C@H](O[Si](C)(C)C)CC[C@]5(C)C4CC[C@@]32C)O[C@@H](CO[Si](C)(C)C)[C@H](O[Si](C)(C)C)[C@H]1O[Si](C)(C)C. The average molecular weight is 812 g/mol. The maximum atomic E-state index is 12.9. The van der Waals surface area contributed by atoms with Crippen molar-refractivity contribution >= 4 is 39.2 Å². The Hall–Kier alpha value is 0.0975. The molecule has 1 amide bonds. The minimum Gasteiger partial charge on any atom is -0.415 e. The van der Waals surface area contributed by atoms with Gasteiger partial charge in [0.15, 0.2) is 39.6 Å². The van der Waals surface area contributed by atoms with Gasteiger partial charge in [-0.1, -0.05) is 13.8 Å². The summed E-state index contributed by atoms with van der Waals surface area (Å²) in [6.45, 7) is 36.5. The van der Waals surface area contributed by atoms with Crippen molar-refractivity contribution in [3.63, 3.8) is 0 Å². The van der Waals surface area contributed by atoms with E-state index in [1.807, 2.05) is 0 Å². The lowest BCUT2D eigenvalue weighted by Crippen LogP contribution is -2.69. The van der Waals surface area contributed by atoms with Gasteiger partial charge >= 0.3 is 0 Å². The predicted molar refractivity (Wildman–Crippen MR) is 226 cm³/mol. The van der Waals surface area contributed by atoms with Gasteiger partial charge in [-0.05, 0) is 184 Å². The number of nitrogens with one attached hydrogen (secondary N) is 1. The fraction of sp³-hybridized carbons (Fsp3) is 0.976. The number of ether oxygens (including phenoxy) is 2. The highest BCUT2D eigenvalue weighted by molar-refractivity contribution is 6.71. The van der Waals surface area contributed by atoms with Crippen LogP contribution in [0.1, 0.15) is 85.5 Å². The van der Waals surface area contributed by atoms with Crippen LogP contribution < -0.4 is 5.32 Å². The van der Waals surface area contributed by atoms with Crippen LogP contribution in [0, 0.1) is 40.4 Å². The van der Waals surface area contributed by atoms with E-state index in [1.165, 1.54) is 57.8 Å². The van der Waals surface area contributed by atoms with Crippen molar-refractivity contribution in [2.75, 3.05) is 6.61 Å². The van der Waals surface area contributed by atoms with Crippen LogP contribution in [0.3, 0.4) is 0 Å². The van der Waals surface area contributed by atoms with Crippen molar-refractivity contribution in [2.45, 2.75) is 207 Å². The van der Waals surface area contributed by atoms with Gasteiger partial charge in [-0.3, -0.25) is 4.79 Å². The second-order valence-electron chi connectivity index (χ2n) is 22.4. The molecule has 8 nitrogen and oxygen atoms in total. The van der Waals surface area contributed by atoms with Crippen LogP contribution in [0.5, 0.6) is 0 Å². The maximum Gasteiger partial charge on any atom is 0.217 e. The Morgan fingerprint density at radius 2 is 1.32 bits per heavy atom. The lowest BCUT2D eigenvalue weighted by atomic mass is 9.44. The number of carbonyl (C=O) groups excluding carboxylic acids is 1. The molecule has 1 aliphatic heterocycles. The highest BCUT2D eigenvalue weighted by atomic mass is 28.4. The quantitative estimate of drug-likeness (QED) is 0.186. The van der Waals surface area contributed by atoms with Gasteiger partial charge in [0.1, 0.15) is 18.2 Å². The number of fused-ring (bicyclic) bond motifs is 5. The predicted octanol–water partition coefficient (Wildman–Crippen LogP) is 9.79. The molecule has 12 heteroatoms. The van der Waals surface area contributed by atoms with E-state index in [1.54, 1.807) is 6.92 Å². The van der Waals surface area contributed by atoms with E-state index in [0.717, 1.165) is 23.7 Å². The summed E-state index contributed by atoms with van der Waals surface area (Å²) in [6, 6.07) is -0.484. The van der Waals surface area contributed by atoms with Crippen LogP contribution in [-0.2, 0) is 32.0 Å². The van der Waals surface area contributed by atoms with E-state index < -0.39 is 51.7 Å². The number of rotatable bonds is 13. The van der Waals surface area contributed by atoms with Crippen LogP contribution in [0.15, 0.2) is 0 Å². The second-order valence-corrected chi connectivity index (χ2v) is 40.3. The van der Waals surface area contributed by atoms with Gasteiger partial charge in [0.2, 0.25) is 5.91 Å². The van der Waals surface area contributed by atoms with Crippen molar-refractivity contribution in [3.8, 4) is 0 Å². The number of amides is 1. The molecule has 0 bridgehead atoms. The normalized spacial score (nSPS) is 41.6. The molecule has 0 aromatic heterocycles. The highest BCUT2D eigenvalue weighted by Crippen LogP contribution is 2.68. The zero-order chi connectivity index (χ0) is 39.5. The first kappa shape index (κ1) is 44.2. The first-order valence-electron chi connectivity index (χ1n) is 21.4. The first-order chi connectivity index (χ1) is 24.2. The Labute approximate surface area is 329 Å². The van der Waals surface area contributed by atoms with Gasteiger partial charge in [-0.15, -0.1) is 0 Å². The highest BCUT2D eigenvalue weighted by Gasteiger charge is 2.62. The standard InChI is InChI=1S/C41H81NO7Si4/c1-27(32-19-20-33-31-18-17-29-25-30(47-51(8,9)10)21-23-40(29,3)34(31)22-24-41(32,33)4)45-39-36(42-28(2)43)38(49-53(14,15)16)37(48-52(11,12)13)35(46-39)26-44-50(5,6)7/h27,29-39H,17-26H2,1-16H3,(H,42,43)/t27-,29-,30+,31?,32+,33?,34?,35-,36-,37-,38-,39-,40-,41+/m0/s1. The van der Waals surface area contributed by atoms with E-state index in [4.69, 9.17) is 27.2 Å². The van der Waals surface area contributed by atoms with E-state index in [9.17, 15) is 4.79 Å².